The Balaban J connectivity index is 1.98. The van der Waals surface area contributed by atoms with E-state index in [0.717, 1.165) is 9.77 Å². The number of thioether (sulfide) groups is 1. The van der Waals surface area contributed by atoms with Gasteiger partial charge in [-0.05, 0) is 29.6 Å². The average Bonchev–Trinajstić information content (AvgIpc) is 2.84. The molecule has 0 N–H and O–H groups in total. The van der Waals surface area contributed by atoms with Crippen LogP contribution in [0.25, 0.3) is 0 Å². The van der Waals surface area contributed by atoms with Crippen molar-refractivity contribution in [1.82, 2.24) is 0 Å². The first-order valence-corrected chi connectivity index (χ1v) is 7.43. The number of ketones is 1. The van der Waals surface area contributed by atoms with E-state index in [1.54, 1.807) is 12.1 Å². The molecule has 0 saturated carbocycles. The van der Waals surface area contributed by atoms with Crippen molar-refractivity contribution in [2.45, 2.75) is 4.90 Å². The van der Waals surface area contributed by atoms with Crippen LogP contribution in [-0.2, 0) is 0 Å². The minimum absolute atomic E-state index is 0.135. The summed E-state index contributed by atoms with van der Waals surface area (Å²) in [6.45, 7) is 0. The summed E-state index contributed by atoms with van der Waals surface area (Å²) in [6, 6.07) is 9.09. The first kappa shape index (κ1) is 13.0. The fourth-order valence-corrected chi connectivity index (χ4v) is 3.16. The van der Waals surface area contributed by atoms with E-state index in [-0.39, 0.29) is 5.78 Å². The highest BCUT2D eigenvalue weighted by atomic mass is 35.5. The minimum Gasteiger partial charge on any atom is -0.292 e. The van der Waals surface area contributed by atoms with Crippen LogP contribution in [0.15, 0.2) is 40.6 Å². The molecule has 0 bridgehead atoms. The number of halogens is 2. The van der Waals surface area contributed by atoms with Gasteiger partial charge in [-0.1, -0.05) is 29.3 Å². The van der Waals surface area contributed by atoms with Crippen molar-refractivity contribution in [2.24, 2.45) is 0 Å². The molecule has 0 aliphatic carbocycles. The molecule has 2 aromatic rings. The lowest BCUT2D eigenvalue weighted by Crippen LogP contribution is -1.98. The Morgan fingerprint density at radius 1 is 1.24 bits per heavy atom. The summed E-state index contributed by atoms with van der Waals surface area (Å²) >= 11 is 14.6. The molecule has 5 heteroatoms. The summed E-state index contributed by atoms with van der Waals surface area (Å²) in [7, 11) is 0. The number of thiophene rings is 1. The topological polar surface area (TPSA) is 17.1 Å². The van der Waals surface area contributed by atoms with Crippen molar-refractivity contribution >= 4 is 52.1 Å². The number of rotatable bonds is 4. The van der Waals surface area contributed by atoms with Gasteiger partial charge in [-0.2, -0.15) is 0 Å². The zero-order chi connectivity index (χ0) is 12.3. The molecular formula is C12H8Cl2OS2. The van der Waals surface area contributed by atoms with Gasteiger partial charge in [0.15, 0.2) is 5.78 Å². The van der Waals surface area contributed by atoms with E-state index in [1.807, 2.05) is 23.6 Å². The monoisotopic (exact) mass is 302 g/mol. The van der Waals surface area contributed by atoms with Crippen LogP contribution in [0.5, 0.6) is 0 Å². The zero-order valence-corrected chi connectivity index (χ0v) is 11.8. The third kappa shape index (κ3) is 3.49. The van der Waals surface area contributed by atoms with Gasteiger partial charge in [-0.15, -0.1) is 23.1 Å². The van der Waals surface area contributed by atoms with E-state index >= 15 is 0 Å². The lowest BCUT2D eigenvalue weighted by atomic mass is 10.3. The molecular weight excluding hydrogens is 295 g/mol. The molecule has 0 saturated heterocycles. The Bertz CT molecular complexity index is 523. The second-order valence-electron chi connectivity index (χ2n) is 3.27. The molecule has 1 aromatic heterocycles. The smallest absolute Gasteiger partial charge is 0.182 e. The Labute approximate surface area is 118 Å². The van der Waals surface area contributed by atoms with E-state index in [4.69, 9.17) is 23.2 Å². The van der Waals surface area contributed by atoms with Gasteiger partial charge in [-0.25, -0.2) is 0 Å². The Morgan fingerprint density at radius 2 is 2.06 bits per heavy atom. The maximum absolute atomic E-state index is 11.8. The normalized spacial score (nSPS) is 10.5. The van der Waals surface area contributed by atoms with E-state index in [0.29, 0.717) is 15.8 Å². The summed E-state index contributed by atoms with van der Waals surface area (Å²) in [4.78, 5) is 13.5. The van der Waals surface area contributed by atoms with Crippen LogP contribution in [0.4, 0.5) is 0 Å². The minimum atomic E-state index is 0.135. The SMILES string of the molecule is O=C(CSc1ccc(Cl)c(Cl)c1)c1cccs1. The molecule has 0 radical (unpaired) electrons. The van der Waals surface area contributed by atoms with Crippen LogP contribution in [-0.4, -0.2) is 11.5 Å². The van der Waals surface area contributed by atoms with Crippen LogP contribution < -0.4 is 0 Å². The third-order valence-electron chi connectivity index (χ3n) is 2.06. The standard InChI is InChI=1S/C12H8Cl2OS2/c13-9-4-3-8(6-10(9)14)17-7-11(15)12-2-1-5-16-12/h1-6H,7H2. The highest BCUT2D eigenvalue weighted by Gasteiger charge is 2.08. The maximum Gasteiger partial charge on any atom is 0.182 e. The highest BCUT2D eigenvalue weighted by molar-refractivity contribution is 8.00. The lowest BCUT2D eigenvalue weighted by molar-refractivity contribution is 0.102. The summed E-state index contributed by atoms with van der Waals surface area (Å²) < 4.78 is 0. The van der Waals surface area contributed by atoms with Crippen molar-refractivity contribution in [3.8, 4) is 0 Å². The number of hydrogen-bond acceptors (Lipinski definition) is 3. The second-order valence-corrected chi connectivity index (χ2v) is 6.08. The summed E-state index contributed by atoms with van der Waals surface area (Å²) in [5.41, 5.74) is 0. The molecule has 0 aliphatic rings. The van der Waals surface area contributed by atoms with Gasteiger partial charge in [0, 0.05) is 4.90 Å². The molecule has 0 spiro atoms. The second kappa shape index (κ2) is 5.91. The number of Topliss-reactive ketones (excluding diaryl/α,β-unsaturated/α-hetero) is 1. The van der Waals surface area contributed by atoms with Crippen LogP contribution in [0.2, 0.25) is 10.0 Å². The molecule has 2 rings (SSSR count). The third-order valence-corrected chi connectivity index (χ3v) is 4.70. The first-order valence-electron chi connectivity index (χ1n) is 4.81. The molecule has 88 valence electrons. The van der Waals surface area contributed by atoms with Crippen molar-refractivity contribution in [3.05, 3.63) is 50.6 Å². The van der Waals surface area contributed by atoms with Gasteiger partial charge < -0.3 is 0 Å². The molecule has 1 nitrogen and oxygen atoms in total. The Hall–Kier alpha value is -0.480. The van der Waals surface area contributed by atoms with Gasteiger partial charge in [0.2, 0.25) is 0 Å². The Morgan fingerprint density at radius 3 is 2.71 bits per heavy atom. The van der Waals surface area contributed by atoms with Gasteiger partial charge in [0.05, 0.1) is 20.7 Å². The van der Waals surface area contributed by atoms with Crippen molar-refractivity contribution in [2.75, 3.05) is 5.75 Å². The number of hydrogen-bond donors (Lipinski definition) is 0. The largest absolute Gasteiger partial charge is 0.292 e. The van der Waals surface area contributed by atoms with E-state index in [1.165, 1.54) is 23.1 Å². The molecule has 1 heterocycles. The van der Waals surface area contributed by atoms with Crippen LogP contribution >= 0.6 is 46.3 Å². The number of carbonyl (C=O) groups is 1. The van der Waals surface area contributed by atoms with E-state index in [2.05, 4.69) is 0 Å². The molecule has 0 aliphatic heterocycles. The van der Waals surface area contributed by atoms with Gasteiger partial charge in [0.25, 0.3) is 0 Å². The number of benzene rings is 1. The van der Waals surface area contributed by atoms with Crippen molar-refractivity contribution < 1.29 is 4.79 Å². The molecule has 0 unspecified atom stereocenters. The van der Waals surface area contributed by atoms with E-state index in [9.17, 15) is 4.79 Å². The summed E-state index contributed by atoms with van der Waals surface area (Å²) in [5.74, 6) is 0.550. The fourth-order valence-electron chi connectivity index (χ4n) is 1.22. The maximum atomic E-state index is 11.8. The molecule has 0 amide bonds. The number of carbonyl (C=O) groups excluding carboxylic acids is 1. The molecule has 17 heavy (non-hydrogen) atoms. The average molecular weight is 303 g/mol. The van der Waals surface area contributed by atoms with E-state index < -0.39 is 0 Å². The molecule has 0 fully saturated rings. The van der Waals surface area contributed by atoms with Gasteiger partial charge in [-0.3, -0.25) is 4.79 Å². The highest BCUT2D eigenvalue weighted by Crippen LogP contribution is 2.28. The lowest BCUT2D eigenvalue weighted by Gasteiger charge is -2.02. The van der Waals surface area contributed by atoms with Crippen LogP contribution in [0, 0.1) is 0 Å². The molecule has 1 aromatic carbocycles. The Kier molecular flexibility index (Phi) is 4.51. The predicted molar refractivity (Wildman–Crippen MR) is 75.8 cm³/mol. The fraction of sp³-hybridized carbons (Fsp3) is 0.0833. The molecule has 0 atom stereocenters. The van der Waals surface area contributed by atoms with Gasteiger partial charge >= 0.3 is 0 Å². The summed E-state index contributed by atoms with van der Waals surface area (Å²) in [5, 5.41) is 2.94. The quantitative estimate of drug-likeness (QED) is 0.582. The van der Waals surface area contributed by atoms with Crippen molar-refractivity contribution in [1.29, 1.82) is 0 Å². The zero-order valence-electron chi connectivity index (χ0n) is 8.65. The summed E-state index contributed by atoms with van der Waals surface area (Å²) in [6.07, 6.45) is 0. The van der Waals surface area contributed by atoms with Crippen molar-refractivity contribution in [3.63, 3.8) is 0 Å². The predicted octanol–water partition coefficient (Wildman–Crippen LogP) is 5.03. The van der Waals surface area contributed by atoms with Gasteiger partial charge in [0.1, 0.15) is 0 Å². The first-order chi connectivity index (χ1) is 8.16. The van der Waals surface area contributed by atoms with Crippen LogP contribution in [0.3, 0.4) is 0 Å². The van der Waals surface area contributed by atoms with Crippen LogP contribution in [0.1, 0.15) is 9.67 Å².